The number of hydrogen-bond donors (Lipinski definition) is 0. The molecule has 0 unspecified atom stereocenters. The highest BCUT2D eigenvalue weighted by atomic mass is 17.6. The van der Waals surface area contributed by atoms with Gasteiger partial charge in [0, 0.05) is 12.8 Å². The Hall–Kier alpha value is -0.240. The van der Waals surface area contributed by atoms with Gasteiger partial charge in [-0.3, -0.25) is 0 Å². The highest BCUT2D eigenvalue weighted by molar-refractivity contribution is 4.69. The first-order valence-electron chi connectivity index (χ1n) is 10.2. The molecule has 0 heterocycles. The van der Waals surface area contributed by atoms with E-state index >= 15 is 0 Å². The van der Waals surface area contributed by atoms with E-state index in [0.29, 0.717) is 12.8 Å². The molecular formula is C20H40O6. The van der Waals surface area contributed by atoms with E-state index in [1.807, 2.05) is 41.5 Å². The summed E-state index contributed by atoms with van der Waals surface area (Å²) in [6.45, 7) is 11.4. The molecule has 26 heavy (non-hydrogen) atoms. The summed E-state index contributed by atoms with van der Waals surface area (Å²) in [6.07, 6.45) is 11.9. The minimum Gasteiger partial charge on any atom is -0.200 e. The van der Waals surface area contributed by atoms with Crippen molar-refractivity contribution in [1.29, 1.82) is 0 Å². The zero-order valence-corrected chi connectivity index (χ0v) is 17.7. The van der Waals surface area contributed by atoms with Crippen molar-refractivity contribution in [2.24, 2.45) is 0 Å². The lowest BCUT2D eigenvalue weighted by Gasteiger charge is -2.31. The molecule has 1 fully saturated rings. The quantitative estimate of drug-likeness (QED) is 0.306. The fourth-order valence-corrected chi connectivity index (χ4v) is 2.69. The van der Waals surface area contributed by atoms with Crippen LogP contribution in [0.1, 0.15) is 112 Å². The molecule has 6 nitrogen and oxygen atoms in total. The predicted octanol–water partition coefficient (Wildman–Crippen LogP) is 6.34. The lowest BCUT2D eigenvalue weighted by Crippen LogP contribution is -2.38. The topological polar surface area (TPSA) is 55.4 Å². The Labute approximate surface area is 159 Å². The minimum absolute atomic E-state index is 0.477. The van der Waals surface area contributed by atoms with E-state index in [4.69, 9.17) is 29.6 Å². The second-order valence-electron chi connectivity index (χ2n) is 9.29. The summed E-state index contributed by atoms with van der Waals surface area (Å²) in [7, 11) is 0. The van der Waals surface area contributed by atoms with Gasteiger partial charge in [0.15, 0.2) is 0 Å². The SMILES string of the molecule is CC(C)(C)OOOC1(OOOC(C)(C)C)CCCCCCCCCCC1. The van der Waals surface area contributed by atoms with Gasteiger partial charge >= 0.3 is 0 Å². The van der Waals surface area contributed by atoms with Crippen molar-refractivity contribution in [3.63, 3.8) is 0 Å². The second-order valence-corrected chi connectivity index (χ2v) is 9.29. The van der Waals surface area contributed by atoms with Crippen LogP contribution in [0.2, 0.25) is 0 Å². The van der Waals surface area contributed by atoms with Gasteiger partial charge in [-0.15, -0.1) is 0 Å². The van der Waals surface area contributed by atoms with Crippen LogP contribution in [0, 0.1) is 0 Å². The summed E-state index contributed by atoms with van der Waals surface area (Å²) >= 11 is 0. The van der Waals surface area contributed by atoms with Gasteiger partial charge in [-0.1, -0.05) is 55.0 Å². The van der Waals surface area contributed by atoms with Crippen LogP contribution in [-0.2, 0) is 29.6 Å². The average Bonchev–Trinajstić information content (AvgIpc) is 2.48. The summed E-state index contributed by atoms with van der Waals surface area (Å²) in [6, 6.07) is 0. The molecule has 0 aromatic carbocycles. The summed E-state index contributed by atoms with van der Waals surface area (Å²) in [5.41, 5.74) is -0.954. The van der Waals surface area contributed by atoms with E-state index in [0.717, 1.165) is 25.7 Å². The highest BCUT2D eigenvalue weighted by Gasteiger charge is 2.37. The van der Waals surface area contributed by atoms with Crippen LogP contribution in [-0.4, -0.2) is 17.0 Å². The van der Waals surface area contributed by atoms with E-state index in [-0.39, 0.29) is 0 Å². The van der Waals surface area contributed by atoms with E-state index in [1.165, 1.54) is 32.1 Å². The van der Waals surface area contributed by atoms with Gasteiger partial charge in [0.05, 0.1) is 11.2 Å². The molecule has 0 spiro atoms. The molecule has 0 amide bonds. The van der Waals surface area contributed by atoms with Crippen molar-refractivity contribution in [1.82, 2.24) is 0 Å². The van der Waals surface area contributed by atoms with Crippen molar-refractivity contribution >= 4 is 0 Å². The molecule has 0 aromatic rings. The summed E-state index contributed by atoms with van der Waals surface area (Å²) in [5.74, 6) is -1.03. The molecule has 0 atom stereocenters. The van der Waals surface area contributed by atoms with Crippen LogP contribution < -0.4 is 0 Å². The van der Waals surface area contributed by atoms with Gasteiger partial charge in [0.2, 0.25) is 5.79 Å². The van der Waals surface area contributed by atoms with Crippen LogP contribution in [0.3, 0.4) is 0 Å². The maximum atomic E-state index is 5.62. The van der Waals surface area contributed by atoms with Crippen LogP contribution >= 0.6 is 0 Å². The number of rotatable bonds is 6. The predicted molar refractivity (Wildman–Crippen MR) is 99.5 cm³/mol. The Morgan fingerprint density at radius 3 is 1.12 bits per heavy atom. The van der Waals surface area contributed by atoms with Crippen LogP contribution in [0.25, 0.3) is 0 Å². The monoisotopic (exact) mass is 376 g/mol. The van der Waals surface area contributed by atoms with Crippen molar-refractivity contribution in [3.8, 4) is 0 Å². The van der Waals surface area contributed by atoms with Gasteiger partial charge in [0.1, 0.15) is 0 Å². The Balaban J connectivity index is 2.70. The van der Waals surface area contributed by atoms with Crippen LogP contribution in [0.5, 0.6) is 0 Å². The summed E-state index contributed by atoms with van der Waals surface area (Å²) < 4.78 is 0. The summed E-state index contributed by atoms with van der Waals surface area (Å²) in [4.78, 5) is 21.8. The lowest BCUT2D eigenvalue weighted by atomic mass is 9.97. The first-order valence-corrected chi connectivity index (χ1v) is 10.2. The molecule has 1 aliphatic rings. The van der Waals surface area contributed by atoms with Crippen LogP contribution in [0.15, 0.2) is 0 Å². The van der Waals surface area contributed by atoms with E-state index in [9.17, 15) is 0 Å². The van der Waals surface area contributed by atoms with Gasteiger partial charge in [-0.25, -0.2) is 9.78 Å². The molecule has 0 aromatic heterocycles. The zero-order chi connectivity index (χ0) is 19.5. The minimum atomic E-state index is -1.03. The Morgan fingerprint density at radius 2 is 0.808 bits per heavy atom. The largest absolute Gasteiger partial charge is 0.240 e. The zero-order valence-electron chi connectivity index (χ0n) is 17.7. The third-order valence-electron chi connectivity index (χ3n) is 4.06. The highest BCUT2D eigenvalue weighted by Crippen LogP contribution is 2.31. The van der Waals surface area contributed by atoms with Gasteiger partial charge in [-0.2, -0.15) is 9.78 Å². The Kier molecular flexibility index (Phi) is 10.6. The fourth-order valence-electron chi connectivity index (χ4n) is 2.69. The van der Waals surface area contributed by atoms with Gasteiger partial charge in [-0.05, 0) is 54.4 Å². The molecule has 6 heteroatoms. The fraction of sp³-hybridized carbons (Fsp3) is 1.00. The molecule has 0 saturated heterocycles. The maximum Gasteiger partial charge on any atom is 0.240 e. The first-order chi connectivity index (χ1) is 12.1. The maximum absolute atomic E-state index is 5.62. The van der Waals surface area contributed by atoms with Crippen molar-refractivity contribution in [2.45, 2.75) is 129 Å². The van der Waals surface area contributed by atoms with E-state index < -0.39 is 17.0 Å². The van der Waals surface area contributed by atoms with E-state index in [1.54, 1.807) is 0 Å². The molecule has 0 aliphatic heterocycles. The van der Waals surface area contributed by atoms with Gasteiger partial charge in [0.25, 0.3) is 0 Å². The molecule has 156 valence electrons. The Morgan fingerprint density at radius 1 is 0.500 bits per heavy atom. The molecule has 1 rings (SSSR count). The number of hydrogen-bond acceptors (Lipinski definition) is 6. The third-order valence-corrected chi connectivity index (χ3v) is 4.06. The normalized spacial score (nSPS) is 21.0. The second kappa shape index (κ2) is 11.6. The van der Waals surface area contributed by atoms with Gasteiger partial charge < -0.3 is 0 Å². The molecule has 0 N–H and O–H groups in total. The van der Waals surface area contributed by atoms with Crippen molar-refractivity contribution in [3.05, 3.63) is 0 Å². The molecule has 0 bridgehead atoms. The van der Waals surface area contributed by atoms with E-state index in [2.05, 4.69) is 0 Å². The standard InChI is InChI=1S/C20H40O6/c1-18(2,3)21-25-23-20(24-26-22-19(4,5)6)16-14-12-10-8-7-9-11-13-15-17-20/h7-17H2,1-6H3. The third kappa shape index (κ3) is 12.2. The average molecular weight is 377 g/mol. The first kappa shape index (κ1) is 23.8. The molecule has 1 saturated carbocycles. The smallest absolute Gasteiger partial charge is 0.200 e. The molecule has 1 aliphatic carbocycles. The Bertz CT molecular complexity index is 324. The summed E-state index contributed by atoms with van der Waals surface area (Å²) in [5, 5.41) is 10.2. The van der Waals surface area contributed by atoms with Crippen molar-refractivity contribution in [2.75, 3.05) is 0 Å². The molecular weight excluding hydrogens is 336 g/mol. The van der Waals surface area contributed by atoms with Crippen LogP contribution in [0.4, 0.5) is 0 Å². The molecule has 0 radical (unpaired) electrons. The van der Waals surface area contributed by atoms with Crippen molar-refractivity contribution < 1.29 is 29.6 Å². The lowest BCUT2D eigenvalue weighted by molar-refractivity contribution is -0.661.